The quantitative estimate of drug-likeness (QED) is 0.332. The molecule has 6 rings (SSSR count). The number of ether oxygens (including phenoxy) is 1. The number of anilines is 3. The minimum atomic E-state index is -0.593. The zero-order valence-corrected chi connectivity index (χ0v) is 23.9. The number of aromatic nitrogens is 3. The number of pyridine rings is 1. The van der Waals surface area contributed by atoms with Gasteiger partial charge < -0.3 is 20.3 Å². The highest BCUT2D eigenvalue weighted by Gasteiger charge is 2.35. The molecule has 0 saturated carbocycles. The molecule has 1 saturated heterocycles. The highest BCUT2D eigenvalue weighted by atomic mass is 32.1. The van der Waals surface area contributed by atoms with Crippen LogP contribution in [-0.2, 0) is 11.3 Å². The molecular formula is C29H31N7O4S. The number of nitrogens with one attached hydrogen (secondary N) is 2. The molecule has 5 heterocycles. The Bertz CT molecular complexity index is 1630. The van der Waals surface area contributed by atoms with Crippen molar-refractivity contribution in [2.45, 2.75) is 51.8 Å². The van der Waals surface area contributed by atoms with Gasteiger partial charge in [0.1, 0.15) is 15.3 Å². The van der Waals surface area contributed by atoms with Gasteiger partial charge in [0.2, 0.25) is 0 Å². The first-order valence-electron chi connectivity index (χ1n) is 13.5. The second-order valence-electron chi connectivity index (χ2n) is 11.2. The van der Waals surface area contributed by atoms with Crippen LogP contribution in [0.1, 0.15) is 48.8 Å². The minimum absolute atomic E-state index is 0.238. The molecule has 3 aromatic heterocycles. The van der Waals surface area contributed by atoms with Crippen molar-refractivity contribution in [1.29, 1.82) is 0 Å². The van der Waals surface area contributed by atoms with E-state index in [1.54, 1.807) is 27.9 Å². The van der Waals surface area contributed by atoms with Crippen molar-refractivity contribution in [3.05, 3.63) is 65.3 Å². The predicted molar refractivity (Wildman–Crippen MR) is 157 cm³/mol. The molecule has 212 valence electrons. The Balaban J connectivity index is 1.23. The summed E-state index contributed by atoms with van der Waals surface area (Å²) in [6, 6.07) is 12.9. The fraction of sp³-hybridized carbons (Fsp3) is 0.345. The second-order valence-corrected chi connectivity index (χ2v) is 12.2. The Labute approximate surface area is 241 Å². The van der Waals surface area contributed by atoms with E-state index < -0.39 is 11.6 Å². The van der Waals surface area contributed by atoms with Crippen LogP contribution in [0, 0.1) is 0 Å². The van der Waals surface area contributed by atoms with Crippen molar-refractivity contribution in [2.75, 3.05) is 23.3 Å². The Morgan fingerprint density at radius 1 is 1.17 bits per heavy atom. The first-order valence-corrected chi connectivity index (χ1v) is 14.4. The molecule has 12 heteroatoms. The summed E-state index contributed by atoms with van der Waals surface area (Å²) in [5.74, 6) is 0.157. The molecule has 4 amide bonds. The molecule has 4 aromatic rings. The minimum Gasteiger partial charge on any atom is -0.444 e. The SMILES string of the molecule is CC(C)(C)OC(=O)N1CCCC(NC(=O)c2sc3nccc4c3c2NC(=O)N4c2ccn(Cc3ccccc3)n2)C1. The average Bonchev–Trinajstić information content (AvgIpc) is 3.54. The van der Waals surface area contributed by atoms with Gasteiger partial charge in [-0.05, 0) is 45.2 Å². The summed E-state index contributed by atoms with van der Waals surface area (Å²) in [5.41, 5.74) is 1.56. The van der Waals surface area contributed by atoms with E-state index >= 15 is 0 Å². The number of carbonyl (C=O) groups excluding carboxylic acids is 3. The summed E-state index contributed by atoms with van der Waals surface area (Å²) in [5, 5.41) is 11.3. The standard InChI is InChI=1S/C29H31N7O4S/c1-29(2,3)40-28(39)34-14-7-10-19(17-34)31-25(37)24-23-22-20(11-13-30-26(22)41-24)36(27(38)32-23)21-12-15-35(33-21)16-18-8-5-4-6-9-18/h4-6,8-9,11-13,15,19H,7,10,14,16-17H2,1-3H3,(H,31,37)(H,32,38). The Morgan fingerprint density at radius 3 is 2.76 bits per heavy atom. The van der Waals surface area contributed by atoms with Crippen molar-refractivity contribution < 1.29 is 19.1 Å². The highest BCUT2D eigenvalue weighted by molar-refractivity contribution is 7.21. The first-order chi connectivity index (χ1) is 19.7. The number of rotatable bonds is 5. The maximum absolute atomic E-state index is 13.5. The molecule has 2 N–H and O–H groups in total. The lowest BCUT2D eigenvalue weighted by Gasteiger charge is -2.34. The van der Waals surface area contributed by atoms with Gasteiger partial charge >= 0.3 is 12.1 Å². The third-order valence-electron chi connectivity index (χ3n) is 6.90. The smallest absolute Gasteiger partial charge is 0.410 e. The number of amides is 4. The maximum Gasteiger partial charge on any atom is 0.410 e. The van der Waals surface area contributed by atoms with Crippen molar-refractivity contribution in [1.82, 2.24) is 25.0 Å². The molecule has 0 bridgehead atoms. The molecule has 41 heavy (non-hydrogen) atoms. The van der Waals surface area contributed by atoms with Crippen LogP contribution in [0.2, 0.25) is 0 Å². The van der Waals surface area contributed by atoms with E-state index in [0.29, 0.717) is 51.9 Å². The molecule has 0 spiro atoms. The molecule has 0 radical (unpaired) electrons. The lowest BCUT2D eigenvalue weighted by molar-refractivity contribution is 0.0185. The average molecular weight is 574 g/mol. The Kier molecular flexibility index (Phi) is 6.86. The Hall–Kier alpha value is -4.45. The number of likely N-dealkylation sites (tertiary alicyclic amines) is 1. The van der Waals surface area contributed by atoms with Crippen molar-refractivity contribution >= 4 is 56.8 Å². The lowest BCUT2D eigenvalue weighted by Crippen LogP contribution is -2.50. The summed E-state index contributed by atoms with van der Waals surface area (Å²) in [7, 11) is 0. The van der Waals surface area contributed by atoms with Crippen molar-refractivity contribution in [3.63, 3.8) is 0 Å². The lowest BCUT2D eigenvalue weighted by atomic mass is 10.1. The van der Waals surface area contributed by atoms with Gasteiger partial charge in [-0.15, -0.1) is 11.3 Å². The number of piperidine rings is 1. The van der Waals surface area contributed by atoms with E-state index in [9.17, 15) is 14.4 Å². The van der Waals surface area contributed by atoms with Crippen LogP contribution in [0.15, 0.2) is 54.9 Å². The number of nitrogens with zero attached hydrogens (tertiary/aromatic N) is 5. The Morgan fingerprint density at radius 2 is 1.98 bits per heavy atom. The molecule has 11 nitrogen and oxygen atoms in total. The van der Waals surface area contributed by atoms with Gasteiger partial charge in [0.15, 0.2) is 5.82 Å². The van der Waals surface area contributed by atoms with Crippen LogP contribution >= 0.6 is 11.3 Å². The topological polar surface area (TPSA) is 122 Å². The largest absolute Gasteiger partial charge is 0.444 e. The number of benzene rings is 1. The summed E-state index contributed by atoms with van der Waals surface area (Å²) >= 11 is 1.23. The van der Waals surface area contributed by atoms with Crippen LogP contribution in [0.3, 0.4) is 0 Å². The van der Waals surface area contributed by atoms with E-state index in [2.05, 4.69) is 20.7 Å². The number of hydrogen-bond acceptors (Lipinski definition) is 7. The van der Waals surface area contributed by atoms with E-state index in [4.69, 9.17) is 4.74 Å². The summed E-state index contributed by atoms with van der Waals surface area (Å²) in [4.78, 5) is 48.1. The van der Waals surface area contributed by atoms with Gasteiger partial charge in [-0.25, -0.2) is 19.5 Å². The second kappa shape index (κ2) is 10.5. The molecule has 1 unspecified atom stereocenters. The van der Waals surface area contributed by atoms with Crippen LogP contribution in [0.4, 0.5) is 26.8 Å². The fourth-order valence-corrected chi connectivity index (χ4v) is 6.16. The van der Waals surface area contributed by atoms with Crippen molar-refractivity contribution in [2.24, 2.45) is 0 Å². The van der Waals surface area contributed by atoms with E-state index in [1.165, 1.54) is 16.2 Å². The summed E-state index contributed by atoms with van der Waals surface area (Å²) in [6.07, 6.45) is 4.56. The van der Waals surface area contributed by atoms with Gasteiger partial charge in [0.05, 0.1) is 23.3 Å². The number of hydrogen-bond donors (Lipinski definition) is 2. The molecule has 1 fully saturated rings. The molecule has 0 aliphatic carbocycles. The van der Waals surface area contributed by atoms with Crippen LogP contribution in [0.25, 0.3) is 10.2 Å². The molecule has 2 aliphatic rings. The number of carbonyl (C=O) groups is 3. The zero-order valence-electron chi connectivity index (χ0n) is 23.1. The van der Waals surface area contributed by atoms with Gasteiger partial charge in [-0.3, -0.25) is 9.48 Å². The third kappa shape index (κ3) is 5.47. The maximum atomic E-state index is 13.5. The van der Waals surface area contributed by atoms with Gasteiger partial charge in [-0.2, -0.15) is 5.10 Å². The summed E-state index contributed by atoms with van der Waals surface area (Å²) < 4.78 is 7.29. The van der Waals surface area contributed by atoms with Gasteiger partial charge in [-0.1, -0.05) is 30.3 Å². The predicted octanol–water partition coefficient (Wildman–Crippen LogP) is 5.35. The molecular weight excluding hydrogens is 542 g/mol. The van der Waals surface area contributed by atoms with Crippen LogP contribution in [-0.4, -0.2) is 62.4 Å². The van der Waals surface area contributed by atoms with Crippen LogP contribution < -0.4 is 15.5 Å². The first kappa shape index (κ1) is 26.8. The normalized spacial score (nSPS) is 17.0. The highest BCUT2D eigenvalue weighted by Crippen LogP contribution is 2.45. The van der Waals surface area contributed by atoms with Crippen molar-refractivity contribution in [3.8, 4) is 0 Å². The monoisotopic (exact) mass is 573 g/mol. The summed E-state index contributed by atoms with van der Waals surface area (Å²) in [6.45, 7) is 6.99. The van der Waals surface area contributed by atoms with Gasteiger partial charge in [0.25, 0.3) is 5.91 Å². The van der Waals surface area contributed by atoms with Crippen LogP contribution in [0.5, 0.6) is 0 Å². The zero-order chi connectivity index (χ0) is 28.7. The molecule has 2 aliphatic heterocycles. The van der Waals surface area contributed by atoms with E-state index in [1.807, 2.05) is 57.3 Å². The number of urea groups is 1. The fourth-order valence-electron chi connectivity index (χ4n) is 5.14. The molecule has 1 aromatic carbocycles. The third-order valence-corrected chi connectivity index (χ3v) is 8.00. The van der Waals surface area contributed by atoms with E-state index in [0.717, 1.165) is 18.4 Å². The molecule has 1 atom stereocenters. The van der Waals surface area contributed by atoms with Gasteiger partial charge in [0, 0.05) is 37.6 Å². The number of thiophene rings is 1. The van der Waals surface area contributed by atoms with E-state index in [-0.39, 0.29) is 18.0 Å².